The van der Waals surface area contributed by atoms with Gasteiger partial charge >= 0.3 is 6.01 Å². The van der Waals surface area contributed by atoms with E-state index in [-0.39, 0.29) is 30.1 Å². The van der Waals surface area contributed by atoms with Gasteiger partial charge in [0.1, 0.15) is 24.0 Å². The normalized spacial score (nSPS) is 14.2. The SMILES string of the molecule is C#CCCCC(O)C(O)C(Cc1cc(F)cc(F)c1)NC(=O)c1coc(N(C)S(C)(=O)=O)n1. The molecule has 1 heterocycles. The number of hydrogen-bond donors (Lipinski definition) is 3. The van der Waals surface area contributed by atoms with Crippen LogP contribution in [0.5, 0.6) is 0 Å². The van der Waals surface area contributed by atoms with Crippen molar-refractivity contribution in [2.24, 2.45) is 0 Å². The molecule has 1 aromatic heterocycles. The van der Waals surface area contributed by atoms with Crippen molar-refractivity contribution in [3.8, 4) is 12.3 Å². The zero-order valence-electron chi connectivity index (χ0n) is 18.0. The maximum Gasteiger partial charge on any atom is 0.311 e. The number of carbonyl (C=O) groups excluding carboxylic acids is 1. The first-order valence-electron chi connectivity index (χ1n) is 9.87. The lowest BCUT2D eigenvalue weighted by atomic mass is 9.95. The quantitative estimate of drug-likeness (QED) is 0.322. The Morgan fingerprint density at radius 3 is 2.52 bits per heavy atom. The number of rotatable bonds is 11. The monoisotopic (exact) mass is 485 g/mol. The first kappa shape index (κ1) is 26.2. The molecule has 0 fully saturated rings. The van der Waals surface area contributed by atoms with Gasteiger partial charge in [-0.1, -0.05) is 0 Å². The number of benzene rings is 1. The van der Waals surface area contributed by atoms with Gasteiger partial charge in [0.15, 0.2) is 5.69 Å². The van der Waals surface area contributed by atoms with Crippen LogP contribution in [-0.2, 0) is 16.4 Å². The Kier molecular flexibility index (Phi) is 8.92. The Morgan fingerprint density at radius 1 is 1.30 bits per heavy atom. The standard InChI is InChI=1S/C21H25F2N3O6S/c1-4-5-6-7-18(27)19(28)16(10-13-8-14(22)11-15(23)9-13)24-20(29)17-12-32-21(25-17)26(2)33(3,30)31/h1,8-9,11-12,16,18-19,27-28H,5-7,10H2,2-3H3,(H,24,29). The third-order valence-corrected chi connectivity index (χ3v) is 5.96. The number of nitrogens with one attached hydrogen (secondary N) is 1. The molecule has 0 aliphatic heterocycles. The summed E-state index contributed by atoms with van der Waals surface area (Å²) >= 11 is 0. The van der Waals surface area contributed by atoms with E-state index in [4.69, 9.17) is 10.8 Å². The molecule has 12 heteroatoms. The molecule has 0 saturated carbocycles. The van der Waals surface area contributed by atoms with Crippen molar-refractivity contribution in [1.82, 2.24) is 10.3 Å². The molecule has 2 aromatic rings. The molecule has 0 bridgehead atoms. The molecule has 1 amide bonds. The Hall–Kier alpha value is -3.01. The van der Waals surface area contributed by atoms with Crippen molar-refractivity contribution in [3.63, 3.8) is 0 Å². The molecule has 0 saturated heterocycles. The number of sulfonamides is 1. The molecule has 3 atom stereocenters. The minimum atomic E-state index is -3.69. The summed E-state index contributed by atoms with van der Waals surface area (Å²) in [4.78, 5) is 16.5. The van der Waals surface area contributed by atoms with Crippen molar-refractivity contribution in [2.45, 2.75) is 43.9 Å². The summed E-state index contributed by atoms with van der Waals surface area (Å²) in [5.74, 6) is -0.137. The van der Waals surface area contributed by atoms with Crippen LogP contribution >= 0.6 is 0 Å². The number of oxazole rings is 1. The van der Waals surface area contributed by atoms with E-state index < -0.39 is 45.8 Å². The van der Waals surface area contributed by atoms with Gasteiger partial charge in [-0.2, -0.15) is 4.98 Å². The second-order valence-corrected chi connectivity index (χ2v) is 9.48. The fraction of sp³-hybridized carbons (Fsp3) is 0.429. The number of amides is 1. The maximum absolute atomic E-state index is 13.6. The van der Waals surface area contributed by atoms with Crippen LogP contribution in [0.4, 0.5) is 14.8 Å². The van der Waals surface area contributed by atoms with Gasteiger partial charge in [-0.25, -0.2) is 21.5 Å². The third kappa shape index (κ3) is 7.52. The summed E-state index contributed by atoms with van der Waals surface area (Å²) in [6, 6.07) is 1.22. The summed E-state index contributed by atoms with van der Waals surface area (Å²) in [6.45, 7) is 0. The number of nitrogens with zero attached hydrogens (tertiary/aromatic N) is 2. The minimum Gasteiger partial charge on any atom is -0.430 e. The Bertz CT molecular complexity index is 1100. The summed E-state index contributed by atoms with van der Waals surface area (Å²) in [5, 5.41) is 23.4. The molecule has 0 radical (unpaired) electrons. The molecule has 1 aromatic carbocycles. The first-order valence-corrected chi connectivity index (χ1v) is 11.7. The highest BCUT2D eigenvalue weighted by Gasteiger charge is 2.30. The smallest absolute Gasteiger partial charge is 0.311 e. The fourth-order valence-corrected chi connectivity index (χ4v) is 3.36. The largest absolute Gasteiger partial charge is 0.430 e. The van der Waals surface area contributed by atoms with Crippen molar-refractivity contribution in [2.75, 3.05) is 17.6 Å². The van der Waals surface area contributed by atoms with Crippen LogP contribution < -0.4 is 9.62 Å². The molecular formula is C21H25F2N3O6S. The Labute approximate surface area is 190 Å². The van der Waals surface area contributed by atoms with E-state index in [9.17, 15) is 32.2 Å². The van der Waals surface area contributed by atoms with E-state index in [0.717, 1.165) is 29.0 Å². The number of aliphatic hydroxyl groups is 2. The molecule has 180 valence electrons. The summed E-state index contributed by atoms with van der Waals surface area (Å²) in [5.41, 5.74) is -0.171. The highest BCUT2D eigenvalue weighted by molar-refractivity contribution is 7.92. The van der Waals surface area contributed by atoms with Crippen LogP contribution in [0.2, 0.25) is 0 Å². The van der Waals surface area contributed by atoms with Gasteiger partial charge in [-0.3, -0.25) is 4.79 Å². The van der Waals surface area contributed by atoms with Gasteiger partial charge in [-0.15, -0.1) is 12.3 Å². The van der Waals surface area contributed by atoms with E-state index in [1.165, 1.54) is 7.05 Å². The van der Waals surface area contributed by atoms with Gasteiger partial charge in [0.05, 0.1) is 18.4 Å². The Morgan fingerprint density at radius 2 is 1.94 bits per heavy atom. The van der Waals surface area contributed by atoms with Gasteiger partial charge in [0, 0.05) is 19.5 Å². The van der Waals surface area contributed by atoms with Gasteiger partial charge in [0.25, 0.3) is 5.91 Å². The second-order valence-electron chi connectivity index (χ2n) is 7.46. The number of hydrogen-bond acceptors (Lipinski definition) is 7. The van der Waals surface area contributed by atoms with Crippen molar-refractivity contribution < 1.29 is 36.6 Å². The van der Waals surface area contributed by atoms with Crippen LogP contribution in [0.25, 0.3) is 0 Å². The molecule has 0 spiro atoms. The predicted octanol–water partition coefficient (Wildman–Crippen LogP) is 1.22. The zero-order chi connectivity index (χ0) is 24.8. The number of aliphatic hydroxyl groups excluding tert-OH is 2. The van der Waals surface area contributed by atoms with Crippen LogP contribution in [0.3, 0.4) is 0 Å². The van der Waals surface area contributed by atoms with Crippen molar-refractivity contribution >= 4 is 21.9 Å². The number of halogens is 2. The van der Waals surface area contributed by atoms with E-state index >= 15 is 0 Å². The van der Waals surface area contributed by atoms with E-state index in [1.54, 1.807) is 0 Å². The van der Waals surface area contributed by atoms with Crippen molar-refractivity contribution in [3.05, 3.63) is 47.4 Å². The molecule has 33 heavy (non-hydrogen) atoms. The van der Waals surface area contributed by atoms with Gasteiger partial charge < -0.3 is 19.9 Å². The van der Waals surface area contributed by atoms with Crippen LogP contribution in [0.15, 0.2) is 28.9 Å². The number of terminal acetylenes is 1. The number of aromatic nitrogens is 1. The lowest BCUT2D eigenvalue weighted by Gasteiger charge is -2.27. The highest BCUT2D eigenvalue weighted by atomic mass is 32.2. The maximum atomic E-state index is 13.6. The highest BCUT2D eigenvalue weighted by Crippen LogP contribution is 2.18. The average Bonchev–Trinajstić information content (AvgIpc) is 3.21. The first-order chi connectivity index (χ1) is 15.4. The Balaban J connectivity index is 2.24. The van der Waals surface area contributed by atoms with Crippen molar-refractivity contribution in [1.29, 1.82) is 0 Å². The number of anilines is 1. The number of carbonyl (C=O) groups is 1. The fourth-order valence-electron chi connectivity index (χ4n) is 2.99. The van der Waals surface area contributed by atoms with E-state index in [2.05, 4.69) is 16.2 Å². The zero-order valence-corrected chi connectivity index (χ0v) is 18.8. The molecule has 3 N–H and O–H groups in total. The predicted molar refractivity (Wildman–Crippen MR) is 116 cm³/mol. The molecule has 0 aliphatic rings. The molecule has 3 unspecified atom stereocenters. The summed E-state index contributed by atoms with van der Waals surface area (Å²) in [7, 11) is -2.51. The van der Waals surface area contributed by atoms with Gasteiger partial charge in [-0.05, 0) is 37.0 Å². The summed E-state index contributed by atoms with van der Waals surface area (Å²) < 4.78 is 56.2. The second kappa shape index (κ2) is 11.2. The minimum absolute atomic E-state index is 0.127. The average molecular weight is 486 g/mol. The lowest BCUT2D eigenvalue weighted by Crippen LogP contribution is -2.50. The van der Waals surface area contributed by atoms with Crippen LogP contribution in [0, 0.1) is 24.0 Å². The molecular weight excluding hydrogens is 460 g/mol. The van der Waals surface area contributed by atoms with E-state index in [1.807, 2.05) is 0 Å². The number of unbranched alkanes of at least 4 members (excludes halogenated alkanes) is 1. The summed E-state index contributed by atoms with van der Waals surface area (Å²) in [6.07, 6.45) is 4.91. The topological polar surface area (TPSA) is 133 Å². The van der Waals surface area contributed by atoms with Crippen LogP contribution in [0.1, 0.15) is 35.3 Å². The molecule has 2 rings (SSSR count). The molecule has 9 nitrogen and oxygen atoms in total. The lowest BCUT2D eigenvalue weighted by molar-refractivity contribution is -0.00792. The van der Waals surface area contributed by atoms with Gasteiger partial charge in [0.2, 0.25) is 10.0 Å². The molecule has 0 aliphatic carbocycles. The third-order valence-electron chi connectivity index (χ3n) is 4.81. The van der Waals surface area contributed by atoms with Crippen LogP contribution in [-0.4, -0.2) is 61.1 Å². The van der Waals surface area contributed by atoms with E-state index in [0.29, 0.717) is 18.9 Å².